The highest BCUT2D eigenvalue weighted by molar-refractivity contribution is 9.10. The Balaban J connectivity index is 3.08. The summed E-state index contributed by atoms with van der Waals surface area (Å²) in [6.45, 7) is 3.97. The van der Waals surface area contributed by atoms with Crippen LogP contribution in [0.25, 0.3) is 0 Å². The summed E-state index contributed by atoms with van der Waals surface area (Å²) >= 11 is 5.03. The Morgan fingerprint density at radius 2 is 2.20 bits per heavy atom. The maximum absolute atomic E-state index is 11.8. The summed E-state index contributed by atoms with van der Waals surface area (Å²) in [5, 5.41) is 0. The van der Waals surface area contributed by atoms with Gasteiger partial charge in [0.2, 0.25) is 0 Å². The van der Waals surface area contributed by atoms with E-state index in [9.17, 15) is 4.79 Å². The molecule has 0 fully saturated rings. The first-order valence-corrected chi connectivity index (χ1v) is 7.09. The third-order valence-corrected chi connectivity index (χ3v) is 3.56. The van der Waals surface area contributed by atoms with E-state index < -0.39 is 0 Å². The van der Waals surface area contributed by atoms with Crippen molar-refractivity contribution in [2.75, 3.05) is 6.26 Å². The van der Waals surface area contributed by atoms with Crippen molar-refractivity contribution >= 4 is 33.5 Å². The van der Waals surface area contributed by atoms with Gasteiger partial charge in [0.25, 0.3) is 0 Å². The van der Waals surface area contributed by atoms with E-state index >= 15 is 0 Å². The quantitative estimate of drug-likeness (QED) is 0.474. The normalized spacial score (nSPS) is 12.5. The van der Waals surface area contributed by atoms with Crippen molar-refractivity contribution < 1.29 is 4.79 Å². The smallest absolute Gasteiger partial charge is 0.176 e. The standard InChI is InChI=1S/C12H15BrOS/c1-4-9-7-10(12(14)8(2)13)5-6-11(9)15-3/h5-8H,4H2,1-3H3. The summed E-state index contributed by atoms with van der Waals surface area (Å²) in [6.07, 6.45) is 3.02. The molecule has 1 rings (SSSR count). The van der Waals surface area contributed by atoms with Crippen molar-refractivity contribution in [3.8, 4) is 0 Å². The van der Waals surface area contributed by atoms with Crippen LogP contribution in [0.5, 0.6) is 0 Å². The Kier molecular flexibility index (Phi) is 4.87. The second kappa shape index (κ2) is 5.71. The average Bonchev–Trinajstić information content (AvgIpc) is 2.26. The highest BCUT2D eigenvalue weighted by atomic mass is 79.9. The number of halogens is 1. The van der Waals surface area contributed by atoms with Gasteiger partial charge in [0.15, 0.2) is 5.78 Å². The summed E-state index contributed by atoms with van der Waals surface area (Å²) in [5.74, 6) is 0.150. The number of carbonyl (C=O) groups is 1. The van der Waals surface area contributed by atoms with E-state index in [1.165, 1.54) is 10.5 Å². The van der Waals surface area contributed by atoms with Gasteiger partial charge in [-0.3, -0.25) is 4.79 Å². The van der Waals surface area contributed by atoms with Gasteiger partial charge in [-0.05, 0) is 37.3 Å². The molecule has 0 amide bonds. The van der Waals surface area contributed by atoms with Gasteiger partial charge in [-0.1, -0.05) is 28.9 Å². The molecule has 3 heteroatoms. The van der Waals surface area contributed by atoms with Crippen LogP contribution in [-0.2, 0) is 6.42 Å². The molecule has 0 spiro atoms. The summed E-state index contributed by atoms with van der Waals surface area (Å²) in [7, 11) is 0. The zero-order chi connectivity index (χ0) is 11.4. The van der Waals surface area contributed by atoms with E-state index in [2.05, 4.69) is 29.1 Å². The minimum atomic E-state index is -0.109. The zero-order valence-electron chi connectivity index (χ0n) is 9.21. The molecule has 0 saturated heterocycles. The molecular weight excluding hydrogens is 272 g/mol. The molecule has 1 aromatic carbocycles. The molecule has 0 aliphatic rings. The number of Topliss-reactive ketones (excluding diaryl/α,β-unsaturated/α-hetero) is 1. The van der Waals surface area contributed by atoms with Gasteiger partial charge in [-0.25, -0.2) is 0 Å². The molecule has 0 bridgehead atoms. The Labute approximate surface area is 104 Å². The van der Waals surface area contributed by atoms with Crippen LogP contribution in [0.3, 0.4) is 0 Å². The predicted molar refractivity (Wildman–Crippen MR) is 70.3 cm³/mol. The highest BCUT2D eigenvalue weighted by Gasteiger charge is 2.13. The maximum atomic E-state index is 11.8. The Morgan fingerprint density at radius 3 is 2.67 bits per heavy atom. The van der Waals surface area contributed by atoms with E-state index in [4.69, 9.17) is 0 Å². The minimum absolute atomic E-state index is 0.109. The molecule has 0 saturated carbocycles. The minimum Gasteiger partial charge on any atom is -0.293 e. The third-order valence-electron chi connectivity index (χ3n) is 2.31. The van der Waals surface area contributed by atoms with Crippen molar-refractivity contribution in [3.63, 3.8) is 0 Å². The molecule has 0 radical (unpaired) electrons. The fourth-order valence-corrected chi connectivity index (χ4v) is 2.37. The molecule has 82 valence electrons. The first-order valence-electron chi connectivity index (χ1n) is 4.95. The van der Waals surface area contributed by atoms with Crippen LogP contribution >= 0.6 is 27.7 Å². The summed E-state index contributed by atoms with van der Waals surface area (Å²) in [5.41, 5.74) is 2.05. The number of carbonyl (C=O) groups excluding carboxylic acids is 1. The van der Waals surface area contributed by atoms with E-state index in [1.807, 2.05) is 25.1 Å². The van der Waals surface area contributed by atoms with Crippen LogP contribution in [0.15, 0.2) is 23.1 Å². The van der Waals surface area contributed by atoms with Gasteiger partial charge in [-0.2, -0.15) is 0 Å². The molecular formula is C12H15BrOS. The molecule has 15 heavy (non-hydrogen) atoms. The molecule has 0 aliphatic heterocycles. The molecule has 1 unspecified atom stereocenters. The topological polar surface area (TPSA) is 17.1 Å². The highest BCUT2D eigenvalue weighted by Crippen LogP contribution is 2.23. The second-order valence-corrected chi connectivity index (χ2v) is 5.58. The lowest BCUT2D eigenvalue weighted by molar-refractivity contribution is 0.0995. The Morgan fingerprint density at radius 1 is 1.53 bits per heavy atom. The van der Waals surface area contributed by atoms with Gasteiger partial charge in [0.1, 0.15) is 0 Å². The molecule has 0 heterocycles. The van der Waals surface area contributed by atoms with Crippen LogP contribution < -0.4 is 0 Å². The van der Waals surface area contributed by atoms with Gasteiger partial charge >= 0.3 is 0 Å². The van der Waals surface area contributed by atoms with Crippen LogP contribution in [-0.4, -0.2) is 16.9 Å². The van der Waals surface area contributed by atoms with Crippen LogP contribution in [0.4, 0.5) is 0 Å². The molecule has 0 N–H and O–H groups in total. The molecule has 0 aliphatic carbocycles. The first kappa shape index (κ1) is 12.8. The Hall–Kier alpha value is -0.280. The van der Waals surface area contributed by atoms with Gasteiger partial charge < -0.3 is 0 Å². The van der Waals surface area contributed by atoms with Crippen molar-refractivity contribution in [2.24, 2.45) is 0 Å². The number of benzene rings is 1. The summed E-state index contributed by atoms with van der Waals surface area (Å²) in [4.78, 5) is 12.9. The largest absolute Gasteiger partial charge is 0.293 e. The zero-order valence-corrected chi connectivity index (χ0v) is 11.6. The van der Waals surface area contributed by atoms with Gasteiger partial charge in [0, 0.05) is 10.5 Å². The number of ketones is 1. The van der Waals surface area contributed by atoms with Crippen molar-refractivity contribution in [1.82, 2.24) is 0 Å². The summed E-state index contributed by atoms with van der Waals surface area (Å²) in [6, 6.07) is 5.95. The lowest BCUT2D eigenvalue weighted by Gasteiger charge is -2.08. The average molecular weight is 287 g/mol. The lowest BCUT2D eigenvalue weighted by Crippen LogP contribution is -2.10. The number of hydrogen-bond acceptors (Lipinski definition) is 2. The first-order chi connectivity index (χ1) is 7.10. The fourth-order valence-electron chi connectivity index (χ4n) is 1.44. The third kappa shape index (κ3) is 3.08. The second-order valence-electron chi connectivity index (χ2n) is 3.36. The predicted octanol–water partition coefficient (Wildman–Crippen LogP) is 3.94. The van der Waals surface area contributed by atoms with Crippen molar-refractivity contribution in [1.29, 1.82) is 0 Å². The Bertz CT molecular complexity index is 361. The molecule has 1 nitrogen and oxygen atoms in total. The fraction of sp³-hybridized carbons (Fsp3) is 0.417. The number of thioether (sulfide) groups is 1. The van der Waals surface area contributed by atoms with Gasteiger partial charge in [-0.15, -0.1) is 11.8 Å². The number of rotatable bonds is 4. The van der Waals surface area contributed by atoms with Crippen LogP contribution in [0.2, 0.25) is 0 Å². The van der Waals surface area contributed by atoms with Crippen LogP contribution in [0, 0.1) is 0 Å². The van der Waals surface area contributed by atoms with Crippen molar-refractivity contribution in [3.05, 3.63) is 29.3 Å². The SMILES string of the molecule is CCc1cc(C(=O)C(C)Br)ccc1SC. The van der Waals surface area contributed by atoms with Crippen molar-refractivity contribution in [2.45, 2.75) is 30.0 Å². The van der Waals surface area contributed by atoms with E-state index in [0.29, 0.717) is 0 Å². The molecule has 1 aromatic rings. The monoisotopic (exact) mass is 286 g/mol. The lowest BCUT2D eigenvalue weighted by atomic mass is 10.0. The van der Waals surface area contributed by atoms with E-state index in [1.54, 1.807) is 11.8 Å². The number of hydrogen-bond donors (Lipinski definition) is 0. The van der Waals surface area contributed by atoms with E-state index in [-0.39, 0.29) is 10.6 Å². The molecule has 1 atom stereocenters. The van der Waals surface area contributed by atoms with Crippen LogP contribution in [0.1, 0.15) is 29.8 Å². The van der Waals surface area contributed by atoms with Gasteiger partial charge in [0.05, 0.1) is 4.83 Å². The van der Waals surface area contributed by atoms with E-state index in [0.717, 1.165) is 12.0 Å². The molecule has 0 aromatic heterocycles. The summed E-state index contributed by atoms with van der Waals surface area (Å²) < 4.78 is 0. The number of aryl methyl sites for hydroxylation is 1. The number of alkyl halides is 1. The maximum Gasteiger partial charge on any atom is 0.176 e.